The van der Waals surface area contributed by atoms with Crippen LogP contribution >= 0.6 is 0 Å². The van der Waals surface area contributed by atoms with Crippen molar-refractivity contribution < 1.29 is 14.0 Å². The van der Waals surface area contributed by atoms with Crippen LogP contribution in [-0.2, 0) is 14.0 Å². The van der Waals surface area contributed by atoms with Gasteiger partial charge in [-0.15, -0.1) is 0 Å². The highest BCUT2D eigenvalue weighted by molar-refractivity contribution is 6.74. The maximum absolute atomic E-state index is 11.8. The van der Waals surface area contributed by atoms with Gasteiger partial charge in [0, 0.05) is 0 Å². The molecule has 0 aliphatic heterocycles. The molecule has 0 saturated heterocycles. The van der Waals surface area contributed by atoms with E-state index in [1.54, 1.807) is 0 Å². The van der Waals surface area contributed by atoms with E-state index in [0.29, 0.717) is 6.42 Å². The molecular weight excluding hydrogens is 388 g/mol. The van der Waals surface area contributed by atoms with Crippen LogP contribution < -0.4 is 0 Å². The average molecular weight is 443 g/mol. The third kappa shape index (κ3) is 15.4. The van der Waals surface area contributed by atoms with Crippen LogP contribution in [0.2, 0.25) is 18.1 Å². The molecule has 180 valence electrons. The Balaban J connectivity index is 3.87. The number of methoxy groups -OCH3 is 1. The van der Waals surface area contributed by atoms with Crippen molar-refractivity contribution in [2.75, 3.05) is 7.11 Å². The maximum Gasteiger partial charge on any atom is 0.308 e. The molecule has 0 aromatic rings. The van der Waals surface area contributed by atoms with Crippen LogP contribution in [0.25, 0.3) is 0 Å². The summed E-state index contributed by atoms with van der Waals surface area (Å²) in [5.74, 6) is -0.149. The fraction of sp³-hybridized carbons (Fsp3) is 0.962. The molecule has 0 amide bonds. The molecule has 0 N–H and O–H groups in total. The van der Waals surface area contributed by atoms with Gasteiger partial charge in [-0.1, -0.05) is 118 Å². The molecule has 0 heterocycles. The van der Waals surface area contributed by atoms with Crippen LogP contribution in [0, 0.1) is 0 Å². The van der Waals surface area contributed by atoms with Crippen molar-refractivity contribution in [2.45, 2.75) is 155 Å². The molecule has 0 radical (unpaired) electrons. The number of hydrogen-bond acceptors (Lipinski definition) is 3. The van der Waals surface area contributed by atoms with Gasteiger partial charge >= 0.3 is 5.97 Å². The summed E-state index contributed by atoms with van der Waals surface area (Å²) < 4.78 is 11.4. The highest BCUT2D eigenvalue weighted by Gasteiger charge is 2.39. The summed E-state index contributed by atoms with van der Waals surface area (Å²) >= 11 is 0. The van der Waals surface area contributed by atoms with E-state index in [-0.39, 0.29) is 17.1 Å². The predicted molar refractivity (Wildman–Crippen MR) is 134 cm³/mol. The summed E-state index contributed by atoms with van der Waals surface area (Å²) in [4.78, 5) is 11.8. The minimum absolute atomic E-state index is 0.00988. The highest BCUT2D eigenvalue weighted by atomic mass is 28.4. The molecule has 4 heteroatoms. The van der Waals surface area contributed by atoms with E-state index >= 15 is 0 Å². The highest BCUT2D eigenvalue weighted by Crippen LogP contribution is 2.38. The van der Waals surface area contributed by atoms with E-state index in [1.165, 1.54) is 90.6 Å². The molecule has 0 aromatic heterocycles. The number of ether oxygens (including phenoxy) is 1. The van der Waals surface area contributed by atoms with Crippen molar-refractivity contribution in [1.29, 1.82) is 0 Å². The maximum atomic E-state index is 11.8. The van der Waals surface area contributed by atoms with E-state index < -0.39 is 8.32 Å². The zero-order chi connectivity index (χ0) is 22.9. The summed E-state index contributed by atoms with van der Waals surface area (Å²) in [6, 6.07) is 0. The molecule has 30 heavy (non-hydrogen) atoms. The first-order valence-electron chi connectivity index (χ1n) is 12.9. The lowest BCUT2D eigenvalue weighted by molar-refractivity contribution is -0.142. The Morgan fingerprint density at radius 2 is 1.17 bits per heavy atom. The van der Waals surface area contributed by atoms with Crippen molar-refractivity contribution >= 4 is 14.3 Å². The van der Waals surface area contributed by atoms with Crippen molar-refractivity contribution in [3.8, 4) is 0 Å². The van der Waals surface area contributed by atoms with Crippen LogP contribution in [0.4, 0.5) is 0 Å². The van der Waals surface area contributed by atoms with Gasteiger partial charge < -0.3 is 9.16 Å². The first-order valence-corrected chi connectivity index (χ1v) is 15.8. The smallest absolute Gasteiger partial charge is 0.308 e. The number of unbranched alkanes of at least 4 members (excludes halogenated alkanes) is 13. The average Bonchev–Trinajstić information content (AvgIpc) is 2.66. The molecule has 3 nitrogen and oxygen atoms in total. The number of carbonyl (C=O) groups is 1. The van der Waals surface area contributed by atoms with Crippen LogP contribution in [-0.4, -0.2) is 27.5 Å². The fourth-order valence-electron chi connectivity index (χ4n) is 3.63. The first-order chi connectivity index (χ1) is 14.1. The molecule has 0 spiro atoms. The van der Waals surface area contributed by atoms with Crippen LogP contribution in [0.3, 0.4) is 0 Å². The summed E-state index contributed by atoms with van der Waals surface area (Å²) in [5.41, 5.74) is 0. The van der Waals surface area contributed by atoms with Gasteiger partial charge in [-0.05, 0) is 24.6 Å². The van der Waals surface area contributed by atoms with E-state index in [2.05, 4.69) is 40.8 Å². The minimum Gasteiger partial charge on any atom is -0.469 e. The number of carbonyl (C=O) groups excluding carboxylic acids is 1. The second kappa shape index (κ2) is 17.2. The summed E-state index contributed by atoms with van der Waals surface area (Å²) in [7, 11) is -0.392. The van der Waals surface area contributed by atoms with Gasteiger partial charge in [-0.2, -0.15) is 0 Å². The van der Waals surface area contributed by atoms with Crippen LogP contribution in [0.15, 0.2) is 0 Å². The molecule has 0 aliphatic carbocycles. The second-order valence-electron chi connectivity index (χ2n) is 10.7. The van der Waals surface area contributed by atoms with Gasteiger partial charge in [0.15, 0.2) is 8.32 Å². The third-order valence-corrected chi connectivity index (χ3v) is 11.3. The van der Waals surface area contributed by atoms with Gasteiger partial charge in [0.25, 0.3) is 0 Å². The Kier molecular flexibility index (Phi) is 17.0. The van der Waals surface area contributed by atoms with Gasteiger partial charge in [0.1, 0.15) is 0 Å². The van der Waals surface area contributed by atoms with Gasteiger partial charge in [-0.25, -0.2) is 0 Å². The molecular formula is C26H54O3Si. The summed E-state index contributed by atoms with van der Waals surface area (Å²) in [5, 5.41) is 0.164. The third-order valence-electron chi connectivity index (χ3n) is 6.77. The zero-order valence-electron chi connectivity index (χ0n) is 21.6. The first kappa shape index (κ1) is 29.6. The SMILES string of the molecule is CCCCCCCCCCCCCCCCC(CC(=O)OC)O[Si](C)(C)C(C)(C)C. The number of hydrogen-bond donors (Lipinski definition) is 0. The molecule has 0 saturated carbocycles. The van der Waals surface area contributed by atoms with E-state index in [9.17, 15) is 4.79 Å². The normalized spacial score (nSPS) is 13.4. The molecule has 0 rings (SSSR count). The lowest BCUT2D eigenvalue weighted by atomic mass is 10.0. The van der Waals surface area contributed by atoms with Crippen LogP contribution in [0.1, 0.15) is 130 Å². The van der Waals surface area contributed by atoms with Crippen LogP contribution in [0.5, 0.6) is 0 Å². The summed E-state index contributed by atoms with van der Waals surface area (Å²) in [6.45, 7) is 13.6. The largest absolute Gasteiger partial charge is 0.469 e. The fourth-order valence-corrected chi connectivity index (χ4v) is 5.02. The van der Waals surface area contributed by atoms with E-state index in [1.807, 2.05) is 0 Å². The zero-order valence-corrected chi connectivity index (χ0v) is 22.6. The monoisotopic (exact) mass is 442 g/mol. The van der Waals surface area contributed by atoms with Crippen molar-refractivity contribution in [3.05, 3.63) is 0 Å². The van der Waals surface area contributed by atoms with Gasteiger partial charge in [0.05, 0.1) is 19.6 Å². The standard InChI is InChI=1S/C26H54O3Si/c1-8-9-10-11-12-13-14-15-16-17-18-19-20-21-22-24(23-25(27)28-5)29-30(6,7)26(2,3)4/h24H,8-23H2,1-7H3. The van der Waals surface area contributed by atoms with E-state index in [4.69, 9.17) is 9.16 Å². The number of rotatable bonds is 19. The topological polar surface area (TPSA) is 35.5 Å². The Bertz CT molecular complexity index is 415. The van der Waals surface area contributed by atoms with Crippen molar-refractivity contribution in [1.82, 2.24) is 0 Å². The quantitative estimate of drug-likeness (QED) is 0.114. The lowest BCUT2D eigenvalue weighted by Crippen LogP contribution is -2.44. The molecule has 0 fully saturated rings. The lowest BCUT2D eigenvalue weighted by Gasteiger charge is -2.39. The molecule has 0 aliphatic rings. The van der Waals surface area contributed by atoms with E-state index in [0.717, 1.165) is 12.8 Å². The van der Waals surface area contributed by atoms with Crippen molar-refractivity contribution in [3.63, 3.8) is 0 Å². The Labute approximate surface area is 190 Å². The summed E-state index contributed by atoms with van der Waals surface area (Å²) in [6.07, 6.45) is 20.5. The molecule has 0 bridgehead atoms. The van der Waals surface area contributed by atoms with Gasteiger partial charge in [0.2, 0.25) is 0 Å². The molecule has 1 atom stereocenters. The second-order valence-corrected chi connectivity index (χ2v) is 15.4. The number of esters is 1. The predicted octanol–water partition coefficient (Wildman–Crippen LogP) is 8.81. The van der Waals surface area contributed by atoms with Gasteiger partial charge in [-0.3, -0.25) is 4.79 Å². The Morgan fingerprint density at radius 1 is 0.767 bits per heavy atom. The Morgan fingerprint density at radius 3 is 1.53 bits per heavy atom. The molecule has 0 aromatic carbocycles. The minimum atomic E-state index is -1.86. The Hall–Kier alpha value is -0.353. The van der Waals surface area contributed by atoms with Crippen molar-refractivity contribution in [2.24, 2.45) is 0 Å². The molecule has 1 unspecified atom stereocenters.